The van der Waals surface area contributed by atoms with Crippen LogP contribution in [0.3, 0.4) is 0 Å². The fourth-order valence-electron chi connectivity index (χ4n) is 4.19. The molecule has 1 aromatic heterocycles. The van der Waals surface area contributed by atoms with Gasteiger partial charge in [0, 0.05) is 18.3 Å². The molecule has 1 saturated heterocycles. The Labute approximate surface area is 204 Å². The number of aliphatic hydroxyl groups excluding tert-OH is 1. The Kier molecular flexibility index (Phi) is 6.87. The van der Waals surface area contributed by atoms with Crippen molar-refractivity contribution >= 4 is 17.4 Å². The Morgan fingerprint density at radius 2 is 1.89 bits per heavy atom. The minimum absolute atomic E-state index is 0.000706. The molecule has 1 amide bonds. The third-order valence-corrected chi connectivity index (χ3v) is 5.81. The molecule has 1 unspecified atom stereocenters. The number of aromatic nitrogens is 1. The number of benzene rings is 2. The molecule has 1 atom stereocenters. The van der Waals surface area contributed by atoms with E-state index in [0.29, 0.717) is 22.8 Å². The molecule has 1 N–H and O–H groups in total. The number of aryl methyl sites for hydroxylation is 1. The SMILES string of the molecule is COc1cccc(CN2C(=O)C(=O)/C(=C(\O)c3ccc(OC(C)C)c(C)c3)C2c2ccccn2)c1. The standard InChI is InChI=1S/C28H28N2O5/c1-17(2)35-23-12-11-20(14-18(23)3)26(31)24-25(22-10-5-6-13-29-22)30(28(33)27(24)32)16-19-8-7-9-21(15-19)34-4/h5-15,17,25,31H,16H2,1-4H3/b26-24-. The number of nitrogens with zero attached hydrogens (tertiary/aromatic N) is 2. The number of hydrogen-bond acceptors (Lipinski definition) is 6. The molecule has 2 aromatic carbocycles. The number of likely N-dealkylation sites (tertiary alicyclic amines) is 1. The van der Waals surface area contributed by atoms with Gasteiger partial charge in [-0.2, -0.15) is 0 Å². The van der Waals surface area contributed by atoms with E-state index in [4.69, 9.17) is 9.47 Å². The number of methoxy groups -OCH3 is 1. The number of amides is 1. The highest BCUT2D eigenvalue weighted by Gasteiger charge is 2.46. The Bertz CT molecular complexity index is 1280. The molecule has 35 heavy (non-hydrogen) atoms. The molecule has 0 radical (unpaired) electrons. The van der Waals surface area contributed by atoms with Crippen molar-refractivity contribution in [2.45, 2.75) is 39.5 Å². The van der Waals surface area contributed by atoms with Crippen LogP contribution in [0.4, 0.5) is 0 Å². The topological polar surface area (TPSA) is 89.0 Å². The third kappa shape index (κ3) is 4.89. The second-order valence-corrected chi connectivity index (χ2v) is 8.68. The fourth-order valence-corrected chi connectivity index (χ4v) is 4.19. The first-order chi connectivity index (χ1) is 16.8. The van der Waals surface area contributed by atoms with Crippen LogP contribution in [0.2, 0.25) is 0 Å². The maximum atomic E-state index is 13.2. The Morgan fingerprint density at radius 3 is 2.54 bits per heavy atom. The summed E-state index contributed by atoms with van der Waals surface area (Å²) in [5.74, 6) is -0.349. The molecule has 180 valence electrons. The molecule has 0 saturated carbocycles. The zero-order valence-electron chi connectivity index (χ0n) is 20.2. The lowest BCUT2D eigenvalue weighted by Gasteiger charge is -2.24. The van der Waals surface area contributed by atoms with E-state index in [0.717, 1.165) is 11.1 Å². The summed E-state index contributed by atoms with van der Waals surface area (Å²) in [5.41, 5.74) is 2.53. The first-order valence-electron chi connectivity index (χ1n) is 11.4. The summed E-state index contributed by atoms with van der Waals surface area (Å²) in [6.07, 6.45) is 1.60. The number of carbonyl (C=O) groups is 2. The average molecular weight is 473 g/mol. The quantitative estimate of drug-likeness (QED) is 0.302. The lowest BCUT2D eigenvalue weighted by molar-refractivity contribution is -0.140. The summed E-state index contributed by atoms with van der Waals surface area (Å²) < 4.78 is 11.1. The average Bonchev–Trinajstić information content (AvgIpc) is 3.10. The van der Waals surface area contributed by atoms with Gasteiger partial charge in [0.15, 0.2) is 0 Å². The number of carbonyl (C=O) groups excluding carboxylic acids is 2. The van der Waals surface area contributed by atoms with Crippen molar-refractivity contribution < 1.29 is 24.2 Å². The van der Waals surface area contributed by atoms with E-state index in [2.05, 4.69) is 4.98 Å². The number of ether oxygens (including phenoxy) is 2. The maximum Gasteiger partial charge on any atom is 0.296 e. The number of ketones is 1. The largest absolute Gasteiger partial charge is 0.507 e. The molecular formula is C28H28N2O5. The molecule has 7 heteroatoms. The van der Waals surface area contributed by atoms with E-state index in [1.165, 1.54) is 4.90 Å². The van der Waals surface area contributed by atoms with Crippen molar-refractivity contribution in [1.82, 2.24) is 9.88 Å². The van der Waals surface area contributed by atoms with Crippen LogP contribution < -0.4 is 9.47 Å². The zero-order chi connectivity index (χ0) is 25.1. The first kappa shape index (κ1) is 24.0. The van der Waals surface area contributed by atoms with Gasteiger partial charge in [-0.1, -0.05) is 18.2 Å². The summed E-state index contributed by atoms with van der Waals surface area (Å²) >= 11 is 0. The number of rotatable bonds is 7. The summed E-state index contributed by atoms with van der Waals surface area (Å²) in [5, 5.41) is 11.3. The molecular weight excluding hydrogens is 444 g/mol. The maximum absolute atomic E-state index is 13.2. The second kappa shape index (κ2) is 10.0. The van der Waals surface area contributed by atoms with Crippen LogP contribution in [0, 0.1) is 6.92 Å². The summed E-state index contributed by atoms with van der Waals surface area (Å²) in [4.78, 5) is 32.3. The van der Waals surface area contributed by atoms with E-state index in [-0.39, 0.29) is 24.0 Å². The number of Topliss-reactive ketones (excluding diaryl/α,β-unsaturated/α-hetero) is 1. The Morgan fingerprint density at radius 1 is 1.09 bits per heavy atom. The normalized spacial score (nSPS) is 17.2. The van der Waals surface area contributed by atoms with Gasteiger partial charge in [-0.25, -0.2) is 0 Å². The van der Waals surface area contributed by atoms with Gasteiger partial charge in [0.2, 0.25) is 0 Å². The van der Waals surface area contributed by atoms with Crippen molar-refractivity contribution in [3.05, 3.63) is 94.8 Å². The lowest BCUT2D eigenvalue weighted by atomic mass is 9.97. The van der Waals surface area contributed by atoms with E-state index >= 15 is 0 Å². The number of pyridine rings is 1. The fraction of sp³-hybridized carbons (Fsp3) is 0.250. The molecule has 1 aliphatic rings. The van der Waals surface area contributed by atoms with E-state index < -0.39 is 17.7 Å². The van der Waals surface area contributed by atoms with Gasteiger partial charge in [0.05, 0.1) is 24.5 Å². The third-order valence-electron chi connectivity index (χ3n) is 5.81. The highest BCUT2D eigenvalue weighted by Crippen LogP contribution is 2.40. The second-order valence-electron chi connectivity index (χ2n) is 8.68. The molecule has 0 aliphatic carbocycles. The molecule has 0 spiro atoms. The van der Waals surface area contributed by atoms with Crippen molar-refractivity contribution in [3.8, 4) is 11.5 Å². The highest BCUT2D eigenvalue weighted by atomic mass is 16.5. The van der Waals surface area contributed by atoms with E-state index in [9.17, 15) is 14.7 Å². The van der Waals surface area contributed by atoms with Crippen LogP contribution in [0.25, 0.3) is 5.76 Å². The van der Waals surface area contributed by atoms with E-state index in [1.807, 2.05) is 45.0 Å². The van der Waals surface area contributed by atoms with Crippen molar-refractivity contribution in [3.63, 3.8) is 0 Å². The van der Waals surface area contributed by atoms with Crippen molar-refractivity contribution in [1.29, 1.82) is 0 Å². The predicted octanol–water partition coefficient (Wildman–Crippen LogP) is 4.81. The summed E-state index contributed by atoms with van der Waals surface area (Å²) in [6.45, 7) is 5.89. The van der Waals surface area contributed by atoms with Gasteiger partial charge in [0.1, 0.15) is 23.3 Å². The van der Waals surface area contributed by atoms with Crippen LogP contribution in [-0.2, 0) is 16.1 Å². The first-order valence-corrected chi connectivity index (χ1v) is 11.4. The van der Waals surface area contributed by atoms with Crippen LogP contribution in [-0.4, -0.2) is 39.9 Å². The van der Waals surface area contributed by atoms with Crippen LogP contribution in [0.1, 0.15) is 42.3 Å². The molecule has 3 aromatic rings. The molecule has 1 fully saturated rings. The lowest BCUT2D eigenvalue weighted by Crippen LogP contribution is -2.29. The minimum Gasteiger partial charge on any atom is -0.507 e. The van der Waals surface area contributed by atoms with Gasteiger partial charge in [-0.15, -0.1) is 0 Å². The van der Waals surface area contributed by atoms with Gasteiger partial charge >= 0.3 is 0 Å². The van der Waals surface area contributed by atoms with Gasteiger partial charge in [-0.05, 0) is 74.4 Å². The summed E-state index contributed by atoms with van der Waals surface area (Å²) in [7, 11) is 1.57. The van der Waals surface area contributed by atoms with Crippen LogP contribution in [0.15, 0.2) is 72.4 Å². The van der Waals surface area contributed by atoms with Crippen molar-refractivity contribution in [2.24, 2.45) is 0 Å². The Hall–Kier alpha value is -4.13. The van der Waals surface area contributed by atoms with Gasteiger partial charge in [0.25, 0.3) is 11.7 Å². The predicted molar refractivity (Wildman–Crippen MR) is 132 cm³/mol. The Balaban J connectivity index is 1.80. The molecule has 2 heterocycles. The minimum atomic E-state index is -0.839. The highest BCUT2D eigenvalue weighted by molar-refractivity contribution is 6.46. The molecule has 0 bridgehead atoms. The summed E-state index contributed by atoms with van der Waals surface area (Å²) in [6, 6.07) is 16.9. The molecule has 7 nitrogen and oxygen atoms in total. The smallest absolute Gasteiger partial charge is 0.296 e. The number of aliphatic hydroxyl groups is 1. The van der Waals surface area contributed by atoms with Crippen LogP contribution in [0.5, 0.6) is 11.5 Å². The van der Waals surface area contributed by atoms with Gasteiger partial charge < -0.3 is 19.5 Å². The monoisotopic (exact) mass is 472 g/mol. The molecule has 4 rings (SSSR count). The van der Waals surface area contributed by atoms with Crippen molar-refractivity contribution in [2.75, 3.05) is 7.11 Å². The van der Waals surface area contributed by atoms with Gasteiger partial charge in [-0.3, -0.25) is 14.6 Å². The van der Waals surface area contributed by atoms with Crippen LogP contribution >= 0.6 is 0 Å². The molecule has 1 aliphatic heterocycles. The van der Waals surface area contributed by atoms with E-state index in [1.54, 1.807) is 49.7 Å². The zero-order valence-corrected chi connectivity index (χ0v) is 20.2. The number of hydrogen-bond donors (Lipinski definition) is 1.